The minimum absolute atomic E-state index is 0.117. The lowest BCUT2D eigenvalue weighted by Crippen LogP contribution is -2.49. The highest BCUT2D eigenvalue weighted by Crippen LogP contribution is 2.25. The number of piperidine rings is 1. The predicted molar refractivity (Wildman–Crippen MR) is 83.3 cm³/mol. The fourth-order valence-electron chi connectivity index (χ4n) is 2.60. The largest absolute Gasteiger partial charge is 0.480 e. The zero-order chi connectivity index (χ0) is 16.1. The molecule has 22 heavy (non-hydrogen) atoms. The summed E-state index contributed by atoms with van der Waals surface area (Å²) in [6, 6.07) is 5.42. The summed E-state index contributed by atoms with van der Waals surface area (Å²) < 4.78 is 12.8. The Morgan fingerprint density at radius 3 is 2.68 bits per heavy atom. The topological polar surface area (TPSA) is 57.6 Å². The second-order valence-electron chi connectivity index (χ2n) is 5.62. The van der Waals surface area contributed by atoms with Crippen LogP contribution < -0.4 is 0 Å². The maximum atomic E-state index is 12.8. The number of likely N-dealkylation sites (tertiary alicyclic amines) is 1. The molecular formula is C16H20FNO3S. The third-order valence-corrected chi connectivity index (χ3v) is 4.88. The molecule has 0 radical (unpaired) electrons. The van der Waals surface area contributed by atoms with E-state index in [0.29, 0.717) is 31.1 Å². The fraction of sp³-hybridized carbons (Fsp3) is 0.500. The lowest BCUT2D eigenvalue weighted by Gasteiger charge is -2.36. The van der Waals surface area contributed by atoms with Gasteiger partial charge in [-0.3, -0.25) is 4.79 Å². The SMILES string of the molecule is CC1CCN(C(=O)CCSc2ccc(F)cc2)C(C(=O)O)C1. The molecule has 1 aliphatic rings. The maximum absolute atomic E-state index is 12.8. The van der Waals surface area contributed by atoms with Gasteiger partial charge in [0, 0.05) is 23.6 Å². The van der Waals surface area contributed by atoms with Crippen LogP contribution in [0, 0.1) is 11.7 Å². The number of aliphatic carboxylic acids is 1. The molecule has 2 atom stereocenters. The standard InChI is InChI=1S/C16H20FNO3S/c1-11-6-8-18(14(10-11)16(20)21)15(19)7-9-22-13-4-2-12(17)3-5-13/h2-5,11,14H,6-10H2,1H3,(H,20,21). The first-order valence-corrected chi connectivity index (χ1v) is 8.36. The molecule has 1 aromatic rings. The number of carbonyl (C=O) groups excluding carboxylic acids is 1. The van der Waals surface area contributed by atoms with E-state index in [1.807, 2.05) is 6.92 Å². The minimum Gasteiger partial charge on any atom is -0.480 e. The van der Waals surface area contributed by atoms with Crippen LogP contribution in [0.1, 0.15) is 26.2 Å². The van der Waals surface area contributed by atoms with Gasteiger partial charge in [-0.2, -0.15) is 0 Å². The molecule has 1 aliphatic heterocycles. The van der Waals surface area contributed by atoms with E-state index in [0.717, 1.165) is 11.3 Å². The summed E-state index contributed by atoms with van der Waals surface area (Å²) in [5, 5.41) is 9.27. The Labute approximate surface area is 133 Å². The van der Waals surface area contributed by atoms with Gasteiger partial charge in [-0.15, -0.1) is 11.8 Å². The minimum atomic E-state index is -0.925. The zero-order valence-electron chi connectivity index (χ0n) is 12.5. The van der Waals surface area contributed by atoms with E-state index in [9.17, 15) is 19.1 Å². The molecule has 0 aromatic heterocycles. The molecule has 0 spiro atoms. The zero-order valence-corrected chi connectivity index (χ0v) is 13.3. The molecule has 4 nitrogen and oxygen atoms in total. The van der Waals surface area contributed by atoms with Gasteiger partial charge in [0.25, 0.3) is 0 Å². The van der Waals surface area contributed by atoms with Gasteiger partial charge in [-0.05, 0) is 43.0 Å². The van der Waals surface area contributed by atoms with Crippen LogP contribution in [0.25, 0.3) is 0 Å². The van der Waals surface area contributed by atoms with Crippen molar-refractivity contribution >= 4 is 23.6 Å². The van der Waals surface area contributed by atoms with Gasteiger partial charge in [0.2, 0.25) is 5.91 Å². The number of hydrogen-bond acceptors (Lipinski definition) is 3. The Bertz CT molecular complexity index is 535. The molecular weight excluding hydrogens is 305 g/mol. The lowest BCUT2D eigenvalue weighted by atomic mass is 9.92. The van der Waals surface area contributed by atoms with Crippen LogP contribution in [0.5, 0.6) is 0 Å². The van der Waals surface area contributed by atoms with Gasteiger partial charge < -0.3 is 10.0 Å². The average Bonchev–Trinajstić information content (AvgIpc) is 2.49. The van der Waals surface area contributed by atoms with Crippen LogP contribution in [0.15, 0.2) is 29.2 Å². The monoisotopic (exact) mass is 325 g/mol. The van der Waals surface area contributed by atoms with Crippen LogP contribution in [-0.2, 0) is 9.59 Å². The van der Waals surface area contributed by atoms with E-state index >= 15 is 0 Å². The van der Waals surface area contributed by atoms with E-state index in [2.05, 4.69) is 0 Å². The summed E-state index contributed by atoms with van der Waals surface area (Å²) in [7, 11) is 0. The molecule has 1 fully saturated rings. The number of carboxylic acids is 1. The molecule has 0 aliphatic carbocycles. The van der Waals surface area contributed by atoms with E-state index in [1.54, 1.807) is 12.1 Å². The van der Waals surface area contributed by atoms with Crippen molar-refractivity contribution in [3.05, 3.63) is 30.1 Å². The van der Waals surface area contributed by atoms with Crippen LogP contribution in [0.2, 0.25) is 0 Å². The van der Waals surface area contributed by atoms with Crippen molar-refractivity contribution in [1.82, 2.24) is 4.90 Å². The quantitative estimate of drug-likeness (QED) is 0.846. The predicted octanol–water partition coefficient (Wildman–Crippen LogP) is 3.02. The number of carboxylic acid groups (broad SMARTS) is 1. The Hall–Kier alpha value is -1.56. The summed E-state index contributed by atoms with van der Waals surface area (Å²) >= 11 is 1.47. The molecule has 1 N–H and O–H groups in total. The van der Waals surface area contributed by atoms with Gasteiger partial charge >= 0.3 is 5.97 Å². The first-order chi connectivity index (χ1) is 10.5. The molecule has 120 valence electrons. The van der Waals surface area contributed by atoms with Crippen molar-refractivity contribution in [2.75, 3.05) is 12.3 Å². The molecule has 2 unspecified atom stereocenters. The maximum Gasteiger partial charge on any atom is 0.326 e. The van der Waals surface area contributed by atoms with Crippen molar-refractivity contribution in [2.24, 2.45) is 5.92 Å². The average molecular weight is 325 g/mol. The highest BCUT2D eigenvalue weighted by molar-refractivity contribution is 7.99. The summed E-state index contributed by atoms with van der Waals surface area (Å²) in [6.07, 6.45) is 1.66. The number of carbonyl (C=O) groups is 2. The van der Waals surface area contributed by atoms with Gasteiger partial charge in [-0.25, -0.2) is 9.18 Å². The molecule has 1 amide bonds. The van der Waals surface area contributed by atoms with Gasteiger partial charge in [0.05, 0.1) is 0 Å². The third-order valence-electron chi connectivity index (χ3n) is 3.87. The third kappa shape index (κ3) is 4.47. The summed E-state index contributed by atoms with van der Waals surface area (Å²) in [5.74, 6) is -0.436. The number of rotatable bonds is 5. The molecule has 1 heterocycles. The number of thioether (sulfide) groups is 1. The highest BCUT2D eigenvalue weighted by Gasteiger charge is 2.34. The number of hydrogen-bond donors (Lipinski definition) is 1. The van der Waals surface area contributed by atoms with E-state index in [4.69, 9.17) is 0 Å². The smallest absolute Gasteiger partial charge is 0.326 e. The summed E-state index contributed by atoms with van der Waals surface area (Å²) in [5.41, 5.74) is 0. The Morgan fingerprint density at radius 2 is 2.05 bits per heavy atom. The van der Waals surface area contributed by atoms with E-state index in [1.165, 1.54) is 28.8 Å². The Kier molecular flexibility index (Phi) is 5.83. The number of nitrogens with zero attached hydrogens (tertiary/aromatic N) is 1. The van der Waals surface area contributed by atoms with Crippen molar-refractivity contribution in [1.29, 1.82) is 0 Å². The molecule has 2 rings (SSSR count). The van der Waals surface area contributed by atoms with Crippen LogP contribution in [-0.4, -0.2) is 40.2 Å². The first kappa shape index (κ1) is 16.8. The second kappa shape index (κ2) is 7.63. The molecule has 1 aromatic carbocycles. The second-order valence-corrected chi connectivity index (χ2v) is 6.79. The number of halogens is 1. The molecule has 6 heteroatoms. The fourth-order valence-corrected chi connectivity index (χ4v) is 3.45. The van der Waals surface area contributed by atoms with E-state index < -0.39 is 12.0 Å². The Balaban J connectivity index is 1.85. The van der Waals surface area contributed by atoms with Crippen LogP contribution in [0.4, 0.5) is 4.39 Å². The van der Waals surface area contributed by atoms with Gasteiger partial charge in [0.15, 0.2) is 0 Å². The highest BCUT2D eigenvalue weighted by atomic mass is 32.2. The molecule has 1 saturated heterocycles. The number of benzene rings is 1. The van der Waals surface area contributed by atoms with Crippen molar-refractivity contribution in [2.45, 2.75) is 37.1 Å². The normalized spacial score (nSPS) is 21.6. The van der Waals surface area contributed by atoms with Gasteiger partial charge in [-0.1, -0.05) is 6.92 Å². The first-order valence-electron chi connectivity index (χ1n) is 7.38. The molecule has 0 bridgehead atoms. The van der Waals surface area contributed by atoms with Crippen molar-refractivity contribution < 1.29 is 19.1 Å². The van der Waals surface area contributed by atoms with E-state index in [-0.39, 0.29) is 11.7 Å². The number of amides is 1. The van der Waals surface area contributed by atoms with Crippen LogP contribution >= 0.6 is 11.8 Å². The van der Waals surface area contributed by atoms with Crippen LogP contribution in [0.3, 0.4) is 0 Å². The van der Waals surface area contributed by atoms with Gasteiger partial charge in [0.1, 0.15) is 11.9 Å². The lowest BCUT2D eigenvalue weighted by molar-refractivity contribution is -0.152. The molecule has 0 saturated carbocycles. The van der Waals surface area contributed by atoms with Crippen molar-refractivity contribution in [3.63, 3.8) is 0 Å². The summed E-state index contributed by atoms with van der Waals surface area (Å²) in [6.45, 7) is 2.53. The summed E-state index contributed by atoms with van der Waals surface area (Å²) in [4.78, 5) is 26.0. The Morgan fingerprint density at radius 1 is 1.36 bits per heavy atom. The van der Waals surface area contributed by atoms with Crippen molar-refractivity contribution in [3.8, 4) is 0 Å².